The summed E-state index contributed by atoms with van der Waals surface area (Å²) in [6, 6.07) is 0. The molecular formula is C10H20N4O2. The van der Waals surface area contributed by atoms with Crippen molar-refractivity contribution in [3.05, 3.63) is 10.4 Å². The molecule has 0 saturated heterocycles. The molecule has 0 fully saturated rings. The van der Waals surface area contributed by atoms with E-state index in [9.17, 15) is 4.79 Å². The lowest BCUT2D eigenvalue weighted by atomic mass is 9.94. The van der Waals surface area contributed by atoms with E-state index in [1.165, 1.54) is 0 Å². The van der Waals surface area contributed by atoms with Crippen LogP contribution in [0.1, 0.15) is 39.5 Å². The first-order valence-corrected chi connectivity index (χ1v) is 5.56. The summed E-state index contributed by atoms with van der Waals surface area (Å²) in [6.07, 6.45) is 3.57. The molecule has 0 aliphatic heterocycles. The first-order valence-electron chi connectivity index (χ1n) is 5.56. The summed E-state index contributed by atoms with van der Waals surface area (Å²) in [5.41, 5.74) is 7.18. The molecule has 0 saturated carbocycles. The normalized spacial score (nSPS) is 13.9. The van der Waals surface area contributed by atoms with Gasteiger partial charge in [-0.15, -0.1) is 0 Å². The summed E-state index contributed by atoms with van der Waals surface area (Å²) < 4.78 is 0. The van der Waals surface area contributed by atoms with Crippen LogP contribution in [-0.4, -0.2) is 29.7 Å². The van der Waals surface area contributed by atoms with Crippen LogP contribution in [-0.2, 0) is 4.79 Å². The van der Waals surface area contributed by atoms with E-state index < -0.39 is 11.5 Å². The van der Waals surface area contributed by atoms with Crippen LogP contribution in [0.5, 0.6) is 0 Å². The maximum Gasteiger partial charge on any atom is 0.323 e. The Kier molecular flexibility index (Phi) is 7.33. The third-order valence-corrected chi connectivity index (χ3v) is 2.54. The molecule has 0 heterocycles. The molecule has 0 bridgehead atoms. The molecule has 0 aliphatic rings. The van der Waals surface area contributed by atoms with Crippen molar-refractivity contribution in [1.29, 1.82) is 0 Å². The monoisotopic (exact) mass is 228 g/mol. The molecule has 0 amide bonds. The third-order valence-electron chi connectivity index (χ3n) is 2.54. The second-order valence-electron chi connectivity index (χ2n) is 3.98. The Hall–Kier alpha value is -1.26. The number of rotatable bonds is 9. The molecule has 2 N–H and O–H groups in total. The van der Waals surface area contributed by atoms with E-state index in [2.05, 4.69) is 22.3 Å². The summed E-state index contributed by atoms with van der Waals surface area (Å²) in [6.45, 7) is 4.40. The average Bonchev–Trinajstić information content (AvgIpc) is 2.25. The Morgan fingerprint density at radius 1 is 1.56 bits per heavy atom. The van der Waals surface area contributed by atoms with Crippen LogP contribution in [0.3, 0.4) is 0 Å². The lowest BCUT2D eigenvalue weighted by Crippen LogP contribution is -2.50. The van der Waals surface area contributed by atoms with Gasteiger partial charge < -0.3 is 10.4 Å². The largest absolute Gasteiger partial charge is 0.480 e. The first kappa shape index (κ1) is 14.7. The van der Waals surface area contributed by atoms with Gasteiger partial charge in [0.25, 0.3) is 0 Å². The maximum atomic E-state index is 11.1. The fourth-order valence-electron chi connectivity index (χ4n) is 1.43. The van der Waals surface area contributed by atoms with Gasteiger partial charge in [-0.25, -0.2) is 0 Å². The van der Waals surface area contributed by atoms with Crippen molar-refractivity contribution >= 4 is 5.97 Å². The zero-order valence-corrected chi connectivity index (χ0v) is 9.94. The molecule has 6 heteroatoms. The van der Waals surface area contributed by atoms with Gasteiger partial charge >= 0.3 is 5.97 Å². The van der Waals surface area contributed by atoms with Crippen LogP contribution >= 0.6 is 0 Å². The molecule has 16 heavy (non-hydrogen) atoms. The van der Waals surface area contributed by atoms with Crippen molar-refractivity contribution in [3.63, 3.8) is 0 Å². The summed E-state index contributed by atoms with van der Waals surface area (Å²) in [5.74, 6) is -0.857. The van der Waals surface area contributed by atoms with Gasteiger partial charge in [0, 0.05) is 18.0 Å². The Morgan fingerprint density at radius 2 is 2.25 bits per heavy atom. The van der Waals surface area contributed by atoms with Gasteiger partial charge in [0.2, 0.25) is 0 Å². The van der Waals surface area contributed by atoms with E-state index in [-0.39, 0.29) is 6.54 Å². The highest BCUT2D eigenvalue weighted by atomic mass is 16.4. The zero-order chi connectivity index (χ0) is 12.4. The van der Waals surface area contributed by atoms with Crippen LogP contribution in [0.15, 0.2) is 5.11 Å². The number of nitrogens with one attached hydrogen (secondary N) is 1. The Balaban J connectivity index is 4.11. The van der Waals surface area contributed by atoms with Crippen LogP contribution < -0.4 is 5.32 Å². The van der Waals surface area contributed by atoms with Crippen LogP contribution in [0.2, 0.25) is 0 Å². The van der Waals surface area contributed by atoms with E-state index in [1.807, 2.05) is 0 Å². The van der Waals surface area contributed by atoms with E-state index in [4.69, 9.17) is 10.6 Å². The predicted octanol–water partition coefficient (Wildman–Crippen LogP) is 2.31. The van der Waals surface area contributed by atoms with Crippen LogP contribution in [0, 0.1) is 0 Å². The summed E-state index contributed by atoms with van der Waals surface area (Å²) >= 11 is 0. The molecule has 0 spiro atoms. The number of hydrogen-bond donors (Lipinski definition) is 2. The van der Waals surface area contributed by atoms with Gasteiger partial charge in [0.15, 0.2) is 0 Å². The molecular weight excluding hydrogens is 208 g/mol. The SMILES string of the molecule is CCCCCC(C)(NCCN=[N+]=[N-])C(=O)O. The number of carboxylic acids is 1. The Bertz CT molecular complexity index is 264. The minimum absolute atomic E-state index is 0.271. The molecule has 0 rings (SSSR count). The predicted molar refractivity (Wildman–Crippen MR) is 62.2 cm³/mol. The number of aliphatic carboxylic acids is 1. The standard InChI is InChI=1S/C10H20N4O2/c1-3-4-5-6-10(2,9(15)16)12-7-8-13-14-11/h12H,3-8H2,1-2H3,(H,15,16). The van der Waals surface area contributed by atoms with E-state index in [0.717, 1.165) is 19.3 Å². The fourth-order valence-corrected chi connectivity index (χ4v) is 1.43. The number of nitrogens with zero attached hydrogens (tertiary/aromatic N) is 3. The molecule has 1 unspecified atom stereocenters. The second kappa shape index (κ2) is 7.96. The lowest BCUT2D eigenvalue weighted by Gasteiger charge is -2.26. The highest BCUT2D eigenvalue weighted by Gasteiger charge is 2.31. The zero-order valence-electron chi connectivity index (χ0n) is 9.94. The lowest BCUT2D eigenvalue weighted by molar-refractivity contribution is -0.144. The number of carbonyl (C=O) groups is 1. The summed E-state index contributed by atoms with van der Waals surface area (Å²) in [5, 5.41) is 15.4. The van der Waals surface area contributed by atoms with Crippen molar-refractivity contribution in [2.75, 3.05) is 13.1 Å². The van der Waals surface area contributed by atoms with Gasteiger partial charge in [-0.3, -0.25) is 4.79 Å². The molecule has 0 aromatic rings. The van der Waals surface area contributed by atoms with Crippen molar-refractivity contribution in [2.45, 2.75) is 45.1 Å². The smallest absolute Gasteiger partial charge is 0.323 e. The van der Waals surface area contributed by atoms with Gasteiger partial charge in [-0.1, -0.05) is 31.3 Å². The number of unbranched alkanes of at least 4 members (excludes halogenated alkanes) is 2. The molecule has 1 atom stereocenters. The molecule has 6 nitrogen and oxygen atoms in total. The molecule has 92 valence electrons. The highest BCUT2D eigenvalue weighted by Crippen LogP contribution is 2.14. The Morgan fingerprint density at radius 3 is 2.75 bits per heavy atom. The number of azide groups is 1. The quantitative estimate of drug-likeness (QED) is 0.274. The summed E-state index contributed by atoms with van der Waals surface area (Å²) in [4.78, 5) is 13.7. The van der Waals surface area contributed by atoms with Gasteiger partial charge in [0.1, 0.15) is 5.54 Å². The van der Waals surface area contributed by atoms with Crippen molar-refractivity contribution in [1.82, 2.24) is 5.32 Å². The fraction of sp³-hybridized carbons (Fsp3) is 0.900. The molecule has 0 aromatic carbocycles. The van der Waals surface area contributed by atoms with E-state index >= 15 is 0 Å². The second-order valence-corrected chi connectivity index (χ2v) is 3.98. The highest BCUT2D eigenvalue weighted by molar-refractivity contribution is 5.78. The first-order chi connectivity index (χ1) is 7.56. The molecule has 0 aliphatic carbocycles. The van der Waals surface area contributed by atoms with Crippen LogP contribution in [0.4, 0.5) is 0 Å². The topological polar surface area (TPSA) is 98.1 Å². The van der Waals surface area contributed by atoms with Gasteiger partial charge in [-0.2, -0.15) is 0 Å². The van der Waals surface area contributed by atoms with Gasteiger partial charge in [-0.05, 0) is 18.9 Å². The Labute approximate surface area is 95.7 Å². The maximum absolute atomic E-state index is 11.1. The number of hydrogen-bond acceptors (Lipinski definition) is 3. The van der Waals surface area contributed by atoms with Crippen molar-refractivity contribution < 1.29 is 9.90 Å². The van der Waals surface area contributed by atoms with E-state index in [1.54, 1.807) is 6.92 Å². The minimum atomic E-state index is -0.917. The molecule has 0 radical (unpaired) electrons. The van der Waals surface area contributed by atoms with E-state index in [0.29, 0.717) is 13.0 Å². The van der Waals surface area contributed by atoms with Crippen molar-refractivity contribution in [3.8, 4) is 0 Å². The summed E-state index contributed by atoms with van der Waals surface area (Å²) in [7, 11) is 0. The minimum Gasteiger partial charge on any atom is -0.480 e. The number of carboxylic acid groups (broad SMARTS) is 1. The average molecular weight is 228 g/mol. The third kappa shape index (κ3) is 5.58. The van der Waals surface area contributed by atoms with Crippen LogP contribution in [0.25, 0.3) is 10.4 Å². The van der Waals surface area contributed by atoms with Crippen molar-refractivity contribution in [2.24, 2.45) is 5.11 Å². The molecule has 0 aromatic heterocycles. The van der Waals surface area contributed by atoms with Gasteiger partial charge in [0.05, 0.1) is 0 Å².